The standard InChI is InChI=1S/C14H19N3O2S/c1-20-11-6-4-10(5-7-11)16-13(18)14(12(15)17-19)8-2-3-9-14/h4-7,19H,2-3,8-9H2,1H3,(H2,15,17)(H,16,18). The van der Waals surface area contributed by atoms with Gasteiger partial charge in [-0.2, -0.15) is 0 Å². The van der Waals surface area contributed by atoms with Crippen molar-refractivity contribution in [3.8, 4) is 0 Å². The molecule has 6 heteroatoms. The fourth-order valence-electron chi connectivity index (χ4n) is 2.60. The van der Waals surface area contributed by atoms with Crippen LogP contribution in [0.4, 0.5) is 5.69 Å². The van der Waals surface area contributed by atoms with Crippen molar-refractivity contribution in [1.82, 2.24) is 0 Å². The first-order valence-electron chi connectivity index (χ1n) is 6.56. The SMILES string of the molecule is CSc1ccc(NC(=O)C2(C(N)=NO)CCCC2)cc1. The van der Waals surface area contributed by atoms with E-state index in [0.717, 1.165) is 23.4 Å². The third-order valence-corrected chi connectivity index (χ3v) is 4.58. The van der Waals surface area contributed by atoms with Gasteiger partial charge in [0.15, 0.2) is 5.84 Å². The monoisotopic (exact) mass is 293 g/mol. The largest absolute Gasteiger partial charge is 0.409 e. The summed E-state index contributed by atoms with van der Waals surface area (Å²) in [5.41, 5.74) is 5.61. The Morgan fingerprint density at radius 3 is 2.45 bits per heavy atom. The van der Waals surface area contributed by atoms with Gasteiger partial charge in [-0.15, -0.1) is 11.8 Å². The lowest BCUT2D eigenvalue weighted by atomic mass is 9.83. The fraction of sp³-hybridized carbons (Fsp3) is 0.429. The van der Waals surface area contributed by atoms with E-state index in [1.807, 2.05) is 30.5 Å². The Morgan fingerprint density at radius 1 is 1.35 bits per heavy atom. The first-order valence-corrected chi connectivity index (χ1v) is 7.78. The third-order valence-electron chi connectivity index (χ3n) is 3.84. The summed E-state index contributed by atoms with van der Waals surface area (Å²) in [5, 5.41) is 14.9. The van der Waals surface area contributed by atoms with Crippen molar-refractivity contribution < 1.29 is 10.0 Å². The number of nitrogens with zero attached hydrogens (tertiary/aromatic N) is 1. The molecule has 1 aliphatic carbocycles. The van der Waals surface area contributed by atoms with Crippen LogP contribution in [0.5, 0.6) is 0 Å². The summed E-state index contributed by atoms with van der Waals surface area (Å²) in [4.78, 5) is 13.6. The predicted octanol–water partition coefficient (Wildman–Crippen LogP) is 2.65. The lowest BCUT2D eigenvalue weighted by molar-refractivity contribution is -0.122. The minimum Gasteiger partial charge on any atom is -0.409 e. The van der Waals surface area contributed by atoms with Crippen LogP contribution in [0.15, 0.2) is 34.3 Å². The smallest absolute Gasteiger partial charge is 0.238 e. The molecule has 0 unspecified atom stereocenters. The molecular weight excluding hydrogens is 274 g/mol. The number of thioether (sulfide) groups is 1. The van der Waals surface area contributed by atoms with Gasteiger partial charge in [0, 0.05) is 10.6 Å². The maximum atomic E-state index is 12.5. The van der Waals surface area contributed by atoms with Crippen LogP contribution in [0.25, 0.3) is 0 Å². The van der Waals surface area contributed by atoms with Gasteiger partial charge in [-0.05, 0) is 43.4 Å². The minimum absolute atomic E-state index is 0.00762. The van der Waals surface area contributed by atoms with Crippen molar-refractivity contribution in [2.24, 2.45) is 16.3 Å². The summed E-state index contributed by atoms with van der Waals surface area (Å²) >= 11 is 1.64. The lowest BCUT2D eigenvalue weighted by Crippen LogP contribution is -2.45. The van der Waals surface area contributed by atoms with Gasteiger partial charge < -0.3 is 16.3 Å². The summed E-state index contributed by atoms with van der Waals surface area (Å²) in [5.74, 6) is -0.185. The van der Waals surface area contributed by atoms with Crippen LogP contribution >= 0.6 is 11.8 Å². The van der Waals surface area contributed by atoms with Gasteiger partial charge in [0.1, 0.15) is 5.41 Å². The molecule has 1 saturated carbocycles. The highest BCUT2D eigenvalue weighted by Gasteiger charge is 2.45. The van der Waals surface area contributed by atoms with Crippen molar-refractivity contribution in [2.75, 3.05) is 11.6 Å². The molecule has 108 valence electrons. The zero-order valence-corrected chi connectivity index (χ0v) is 12.2. The molecule has 0 atom stereocenters. The average Bonchev–Trinajstić information content (AvgIpc) is 2.98. The Kier molecular flexibility index (Phi) is 4.54. The van der Waals surface area contributed by atoms with Crippen molar-refractivity contribution in [3.63, 3.8) is 0 Å². The Bertz CT molecular complexity index is 508. The van der Waals surface area contributed by atoms with E-state index in [0.29, 0.717) is 12.8 Å². The van der Waals surface area contributed by atoms with Crippen molar-refractivity contribution in [2.45, 2.75) is 30.6 Å². The van der Waals surface area contributed by atoms with E-state index < -0.39 is 5.41 Å². The molecule has 0 heterocycles. The van der Waals surface area contributed by atoms with Crippen molar-refractivity contribution in [1.29, 1.82) is 0 Å². The molecule has 5 nitrogen and oxygen atoms in total. The first-order chi connectivity index (χ1) is 9.62. The fourth-order valence-corrected chi connectivity index (χ4v) is 3.01. The van der Waals surface area contributed by atoms with E-state index in [-0.39, 0.29) is 11.7 Å². The lowest BCUT2D eigenvalue weighted by Gasteiger charge is -2.26. The Balaban J connectivity index is 2.16. The summed E-state index contributed by atoms with van der Waals surface area (Å²) in [6, 6.07) is 7.62. The number of amides is 1. The Morgan fingerprint density at radius 2 is 1.95 bits per heavy atom. The maximum Gasteiger partial charge on any atom is 0.238 e. The van der Waals surface area contributed by atoms with Crippen LogP contribution in [-0.4, -0.2) is 23.2 Å². The van der Waals surface area contributed by atoms with E-state index in [2.05, 4.69) is 10.5 Å². The minimum atomic E-state index is -0.868. The maximum absolute atomic E-state index is 12.5. The van der Waals surface area contributed by atoms with E-state index >= 15 is 0 Å². The van der Waals surface area contributed by atoms with Gasteiger partial charge in [0.25, 0.3) is 0 Å². The molecule has 1 amide bonds. The molecule has 1 fully saturated rings. The summed E-state index contributed by atoms with van der Waals surface area (Å²) in [7, 11) is 0. The molecule has 0 radical (unpaired) electrons. The summed E-state index contributed by atoms with van der Waals surface area (Å²) in [6.07, 6.45) is 5.07. The zero-order valence-electron chi connectivity index (χ0n) is 11.4. The number of rotatable bonds is 4. The topological polar surface area (TPSA) is 87.7 Å². The van der Waals surface area contributed by atoms with Crippen LogP contribution < -0.4 is 11.1 Å². The Labute approximate surface area is 122 Å². The highest BCUT2D eigenvalue weighted by molar-refractivity contribution is 7.98. The number of nitrogens with one attached hydrogen (secondary N) is 1. The highest BCUT2D eigenvalue weighted by atomic mass is 32.2. The zero-order chi connectivity index (χ0) is 14.6. The molecule has 1 aromatic carbocycles. The molecule has 1 aromatic rings. The molecule has 0 saturated heterocycles. The molecule has 20 heavy (non-hydrogen) atoms. The second-order valence-corrected chi connectivity index (χ2v) is 5.84. The number of oxime groups is 1. The van der Waals surface area contributed by atoms with Crippen LogP contribution in [-0.2, 0) is 4.79 Å². The number of amidine groups is 1. The van der Waals surface area contributed by atoms with Gasteiger partial charge in [0.05, 0.1) is 0 Å². The molecule has 0 aromatic heterocycles. The van der Waals surface area contributed by atoms with E-state index in [1.54, 1.807) is 11.8 Å². The van der Waals surface area contributed by atoms with E-state index in [9.17, 15) is 4.79 Å². The number of hydrogen-bond acceptors (Lipinski definition) is 4. The quantitative estimate of drug-likeness (QED) is 0.262. The number of anilines is 1. The first kappa shape index (κ1) is 14.7. The predicted molar refractivity (Wildman–Crippen MR) is 81.2 cm³/mol. The normalized spacial score (nSPS) is 17.9. The molecule has 2 rings (SSSR count). The molecule has 4 N–H and O–H groups in total. The number of hydrogen-bond donors (Lipinski definition) is 3. The van der Waals surface area contributed by atoms with E-state index in [1.165, 1.54) is 0 Å². The van der Waals surface area contributed by atoms with Crippen LogP contribution in [0.1, 0.15) is 25.7 Å². The van der Waals surface area contributed by atoms with Crippen LogP contribution in [0.3, 0.4) is 0 Å². The van der Waals surface area contributed by atoms with Gasteiger partial charge in [-0.1, -0.05) is 18.0 Å². The molecule has 1 aliphatic rings. The molecule has 0 bridgehead atoms. The number of carbonyl (C=O) groups is 1. The van der Waals surface area contributed by atoms with Crippen LogP contribution in [0.2, 0.25) is 0 Å². The average molecular weight is 293 g/mol. The molecule has 0 spiro atoms. The summed E-state index contributed by atoms with van der Waals surface area (Å²) in [6.45, 7) is 0. The summed E-state index contributed by atoms with van der Waals surface area (Å²) < 4.78 is 0. The third kappa shape index (κ3) is 2.75. The second kappa shape index (κ2) is 6.17. The van der Waals surface area contributed by atoms with Gasteiger partial charge in [0.2, 0.25) is 5.91 Å². The second-order valence-electron chi connectivity index (χ2n) is 4.96. The van der Waals surface area contributed by atoms with Crippen LogP contribution in [0, 0.1) is 5.41 Å². The van der Waals surface area contributed by atoms with Gasteiger partial charge in [-0.25, -0.2) is 0 Å². The van der Waals surface area contributed by atoms with Crippen molar-refractivity contribution >= 4 is 29.2 Å². The Hall–Kier alpha value is -1.69. The van der Waals surface area contributed by atoms with Gasteiger partial charge >= 0.3 is 0 Å². The number of carbonyl (C=O) groups excluding carboxylic acids is 1. The highest BCUT2D eigenvalue weighted by Crippen LogP contribution is 2.39. The van der Waals surface area contributed by atoms with E-state index in [4.69, 9.17) is 10.9 Å². The molecular formula is C14H19N3O2S. The van der Waals surface area contributed by atoms with Gasteiger partial charge in [-0.3, -0.25) is 4.79 Å². The molecule has 0 aliphatic heterocycles. The number of benzene rings is 1. The van der Waals surface area contributed by atoms with Crippen molar-refractivity contribution in [3.05, 3.63) is 24.3 Å². The number of nitrogens with two attached hydrogens (primary N) is 1.